The van der Waals surface area contributed by atoms with Gasteiger partial charge in [0.05, 0.1) is 17.0 Å². The second-order valence-corrected chi connectivity index (χ2v) is 7.37. The third kappa shape index (κ3) is 6.12. The Morgan fingerprint density at radius 3 is 2.24 bits per heavy atom. The van der Waals surface area contributed by atoms with Crippen molar-refractivity contribution < 1.29 is 9.53 Å². The van der Waals surface area contributed by atoms with Crippen LogP contribution in [0.3, 0.4) is 0 Å². The molecule has 0 spiro atoms. The van der Waals surface area contributed by atoms with Gasteiger partial charge in [-0.1, -0.05) is 29.8 Å². The summed E-state index contributed by atoms with van der Waals surface area (Å²) in [6.07, 6.45) is 5.41. The fourth-order valence-electron chi connectivity index (χ4n) is 3.18. The first-order valence-electron chi connectivity index (χ1n) is 9.52. The van der Waals surface area contributed by atoms with Crippen LogP contribution in [0.1, 0.15) is 26.7 Å². The van der Waals surface area contributed by atoms with Crippen molar-refractivity contribution in [3.63, 3.8) is 0 Å². The van der Waals surface area contributed by atoms with Crippen LogP contribution in [0.15, 0.2) is 88.2 Å². The first kappa shape index (κ1) is 20.5. The summed E-state index contributed by atoms with van der Waals surface area (Å²) < 4.78 is 5.65. The van der Waals surface area contributed by atoms with E-state index in [9.17, 15) is 4.79 Å². The average Bonchev–Trinajstić information content (AvgIpc) is 2.86. The second kappa shape index (κ2) is 9.30. The van der Waals surface area contributed by atoms with Crippen LogP contribution in [0.5, 0.6) is 0 Å². The van der Waals surface area contributed by atoms with Gasteiger partial charge in [0.1, 0.15) is 0 Å². The second-order valence-electron chi connectivity index (χ2n) is 7.37. The van der Waals surface area contributed by atoms with Gasteiger partial charge in [0.25, 0.3) is 0 Å². The summed E-state index contributed by atoms with van der Waals surface area (Å²) in [5.41, 5.74) is 3.88. The van der Waals surface area contributed by atoms with Crippen LogP contribution in [0.25, 0.3) is 0 Å². The molecule has 0 saturated heterocycles. The van der Waals surface area contributed by atoms with Gasteiger partial charge in [-0.25, -0.2) is 4.79 Å². The largest absolute Gasteiger partial charge is 0.378 e. The van der Waals surface area contributed by atoms with E-state index in [0.717, 1.165) is 17.8 Å². The predicted octanol–water partition coefficient (Wildman–Crippen LogP) is 6.25. The summed E-state index contributed by atoms with van der Waals surface area (Å²) in [6, 6.07) is 16.4. The molecule has 2 N–H and O–H groups in total. The lowest BCUT2D eigenvalue weighted by atomic mass is 9.94. The SMILES string of the molecule is COC1(C)CC(C)=CC=C(NC(=O)Nc2ccc(N=Nc3ccccc3)cc2)C1. The Balaban J connectivity index is 1.59. The van der Waals surface area contributed by atoms with Crippen LogP contribution in [0, 0.1) is 0 Å². The third-order valence-corrected chi connectivity index (χ3v) is 4.72. The zero-order valence-corrected chi connectivity index (χ0v) is 17.0. The van der Waals surface area contributed by atoms with Gasteiger partial charge in [-0.3, -0.25) is 0 Å². The van der Waals surface area contributed by atoms with E-state index in [4.69, 9.17) is 4.74 Å². The molecular formula is C23H26N4O2. The highest BCUT2D eigenvalue weighted by Crippen LogP contribution is 2.29. The fraction of sp³-hybridized carbons (Fsp3) is 0.261. The van der Waals surface area contributed by atoms with Gasteiger partial charge < -0.3 is 15.4 Å². The van der Waals surface area contributed by atoms with Crippen molar-refractivity contribution in [1.82, 2.24) is 5.32 Å². The molecule has 6 nitrogen and oxygen atoms in total. The Kier molecular flexibility index (Phi) is 6.57. The maximum absolute atomic E-state index is 12.4. The van der Waals surface area contributed by atoms with Gasteiger partial charge >= 0.3 is 6.03 Å². The topological polar surface area (TPSA) is 75.1 Å². The quantitative estimate of drug-likeness (QED) is 0.592. The van der Waals surface area contributed by atoms with Crippen LogP contribution in [-0.2, 0) is 4.74 Å². The molecule has 1 aliphatic carbocycles. The van der Waals surface area contributed by atoms with Crippen molar-refractivity contribution >= 4 is 23.1 Å². The van der Waals surface area contributed by atoms with Gasteiger partial charge in [-0.05, 0) is 62.7 Å². The van der Waals surface area contributed by atoms with E-state index >= 15 is 0 Å². The number of anilines is 1. The number of hydrogen-bond acceptors (Lipinski definition) is 4. The first-order chi connectivity index (χ1) is 14.0. The number of amides is 2. The molecule has 0 fully saturated rings. The highest BCUT2D eigenvalue weighted by molar-refractivity contribution is 5.90. The molecule has 0 aliphatic heterocycles. The van der Waals surface area contributed by atoms with Crippen molar-refractivity contribution in [3.05, 3.63) is 78.0 Å². The number of methoxy groups -OCH3 is 1. The maximum atomic E-state index is 12.4. The van der Waals surface area contributed by atoms with Crippen LogP contribution in [-0.4, -0.2) is 18.7 Å². The number of nitrogens with zero attached hydrogens (tertiary/aromatic N) is 2. The number of urea groups is 1. The van der Waals surface area contributed by atoms with Crippen LogP contribution in [0.4, 0.5) is 21.9 Å². The maximum Gasteiger partial charge on any atom is 0.323 e. The molecule has 0 bridgehead atoms. The Hall–Kier alpha value is -3.25. The van der Waals surface area contributed by atoms with E-state index in [2.05, 4.69) is 27.8 Å². The molecule has 0 heterocycles. The van der Waals surface area contributed by atoms with E-state index in [0.29, 0.717) is 17.8 Å². The lowest BCUT2D eigenvalue weighted by Gasteiger charge is -2.28. The van der Waals surface area contributed by atoms with Crippen LogP contribution >= 0.6 is 0 Å². The normalized spacial score (nSPS) is 19.3. The predicted molar refractivity (Wildman–Crippen MR) is 116 cm³/mol. The van der Waals surface area contributed by atoms with E-state index in [1.165, 1.54) is 5.57 Å². The summed E-state index contributed by atoms with van der Waals surface area (Å²) in [5.74, 6) is 0. The molecule has 0 radical (unpaired) electrons. The van der Waals surface area contributed by atoms with Gasteiger partial charge in [-0.15, -0.1) is 0 Å². The highest BCUT2D eigenvalue weighted by atomic mass is 16.5. The lowest BCUT2D eigenvalue weighted by Crippen LogP contribution is -2.34. The smallest absolute Gasteiger partial charge is 0.323 e. The number of rotatable bonds is 5. The Bertz CT molecular complexity index is 933. The van der Waals surface area contributed by atoms with Crippen LogP contribution < -0.4 is 10.6 Å². The minimum atomic E-state index is -0.332. The molecule has 0 aromatic heterocycles. The molecule has 0 saturated carbocycles. The number of allylic oxidation sites excluding steroid dienone is 2. The summed E-state index contributed by atoms with van der Waals surface area (Å²) in [4.78, 5) is 12.4. The van der Waals surface area contributed by atoms with Gasteiger partial charge in [-0.2, -0.15) is 10.2 Å². The van der Waals surface area contributed by atoms with Crippen molar-refractivity contribution in [3.8, 4) is 0 Å². The first-order valence-corrected chi connectivity index (χ1v) is 9.52. The Morgan fingerprint density at radius 1 is 0.931 bits per heavy atom. The summed E-state index contributed by atoms with van der Waals surface area (Å²) in [5, 5.41) is 14.1. The van der Waals surface area contributed by atoms with E-state index in [1.807, 2.05) is 49.4 Å². The molecular weight excluding hydrogens is 364 g/mol. The number of azo groups is 1. The number of carbonyl (C=O) groups is 1. The van der Waals surface area contributed by atoms with E-state index in [1.54, 1.807) is 31.4 Å². The van der Waals surface area contributed by atoms with Gasteiger partial charge in [0.15, 0.2) is 0 Å². The Labute approximate surface area is 171 Å². The summed E-state index contributed by atoms with van der Waals surface area (Å²) >= 11 is 0. The number of nitrogens with one attached hydrogen (secondary N) is 2. The zero-order chi connectivity index (χ0) is 20.7. The van der Waals surface area contributed by atoms with Crippen molar-refractivity contribution in [1.29, 1.82) is 0 Å². The van der Waals surface area contributed by atoms with Crippen LogP contribution in [0.2, 0.25) is 0 Å². The monoisotopic (exact) mass is 390 g/mol. The van der Waals surface area contributed by atoms with Gasteiger partial charge in [0.2, 0.25) is 0 Å². The molecule has 2 aromatic carbocycles. The zero-order valence-electron chi connectivity index (χ0n) is 17.0. The molecule has 1 unspecified atom stereocenters. The molecule has 6 heteroatoms. The van der Waals surface area contributed by atoms with Crippen molar-refractivity contribution in [2.45, 2.75) is 32.3 Å². The standard InChI is InChI=1S/C23H26N4O2/c1-17-9-10-21(16-23(2,15-17)29-3)25-22(28)24-18-11-13-20(14-12-18)27-26-19-7-5-4-6-8-19/h4-14H,15-16H2,1-3H3,(H2,24,25,28). The highest BCUT2D eigenvalue weighted by Gasteiger charge is 2.27. The average molecular weight is 390 g/mol. The molecule has 2 amide bonds. The molecule has 2 aromatic rings. The molecule has 150 valence electrons. The third-order valence-electron chi connectivity index (χ3n) is 4.72. The van der Waals surface area contributed by atoms with Crippen molar-refractivity contribution in [2.75, 3.05) is 12.4 Å². The number of ether oxygens (including phenoxy) is 1. The van der Waals surface area contributed by atoms with Crippen molar-refractivity contribution in [2.24, 2.45) is 10.2 Å². The van der Waals surface area contributed by atoms with E-state index < -0.39 is 0 Å². The number of carbonyl (C=O) groups excluding carboxylic acids is 1. The number of benzene rings is 2. The lowest BCUT2D eigenvalue weighted by molar-refractivity contribution is 0.00665. The van der Waals surface area contributed by atoms with E-state index in [-0.39, 0.29) is 11.6 Å². The minimum Gasteiger partial charge on any atom is -0.378 e. The number of hydrogen-bond donors (Lipinski definition) is 2. The van der Waals surface area contributed by atoms with Gasteiger partial charge in [0, 0.05) is 24.9 Å². The Morgan fingerprint density at radius 2 is 1.59 bits per heavy atom. The molecule has 3 rings (SSSR count). The fourth-order valence-corrected chi connectivity index (χ4v) is 3.18. The molecule has 29 heavy (non-hydrogen) atoms. The minimum absolute atomic E-state index is 0.290. The summed E-state index contributed by atoms with van der Waals surface area (Å²) in [7, 11) is 1.70. The molecule has 1 aliphatic rings. The summed E-state index contributed by atoms with van der Waals surface area (Å²) in [6.45, 7) is 4.11. The molecule has 1 atom stereocenters.